The molecule has 1 amide bonds. The molecule has 5 rings (SSSR count). The molecule has 2 heterocycles. The second kappa shape index (κ2) is 11.1. The molecular weight excluding hydrogens is 527 g/mol. The van der Waals surface area contributed by atoms with E-state index in [-0.39, 0.29) is 28.1 Å². The van der Waals surface area contributed by atoms with Crippen molar-refractivity contribution < 1.29 is 13.2 Å². The molecule has 5 aromatic rings. The van der Waals surface area contributed by atoms with E-state index in [4.69, 9.17) is 0 Å². The monoisotopic (exact) mass is 547 g/mol. The fraction of sp³-hybridized carbons (Fsp3) is 0.0769. The lowest BCUT2D eigenvalue weighted by Crippen LogP contribution is -2.15. The lowest BCUT2D eigenvalue weighted by Gasteiger charge is -2.10. The van der Waals surface area contributed by atoms with Crippen LogP contribution in [0.25, 0.3) is 16.9 Å². The maximum atomic E-state index is 13.0. The molecule has 0 bridgehead atoms. The Balaban J connectivity index is 1.32. The van der Waals surface area contributed by atoms with Crippen molar-refractivity contribution in [3.05, 3.63) is 102 Å². The highest BCUT2D eigenvalue weighted by atomic mass is 32.2. The number of benzene rings is 3. The van der Waals surface area contributed by atoms with Crippen molar-refractivity contribution in [2.45, 2.75) is 15.8 Å². The normalized spacial score (nSPS) is 11.4. The third-order valence-electron chi connectivity index (χ3n) is 5.29. The van der Waals surface area contributed by atoms with Gasteiger partial charge in [-0.15, -0.1) is 21.5 Å². The number of para-hydroxylation sites is 1. The molecule has 8 nitrogen and oxygen atoms in total. The molecular formula is C26H21N5O3S3. The van der Waals surface area contributed by atoms with E-state index in [2.05, 4.69) is 20.5 Å². The molecule has 1 N–H and O–H groups in total. The number of nitrogens with zero attached hydrogens (tertiary/aromatic N) is 4. The van der Waals surface area contributed by atoms with Crippen molar-refractivity contribution in [3.63, 3.8) is 0 Å². The number of anilines is 1. The third kappa shape index (κ3) is 5.96. The smallest absolute Gasteiger partial charge is 0.236 e. The van der Waals surface area contributed by atoms with Crippen LogP contribution in [0.5, 0.6) is 0 Å². The minimum Gasteiger partial charge on any atom is -0.301 e. The van der Waals surface area contributed by atoms with Crippen molar-refractivity contribution in [2.75, 3.05) is 11.1 Å². The molecule has 2 aromatic heterocycles. The van der Waals surface area contributed by atoms with Gasteiger partial charge in [0.2, 0.25) is 5.91 Å². The zero-order valence-electron chi connectivity index (χ0n) is 19.4. The summed E-state index contributed by atoms with van der Waals surface area (Å²) in [6.45, 7) is 0. The van der Waals surface area contributed by atoms with Gasteiger partial charge in [0.15, 0.2) is 25.9 Å². The number of thiazole rings is 1. The average molecular weight is 548 g/mol. The second-order valence-corrected chi connectivity index (χ2v) is 11.7. The van der Waals surface area contributed by atoms with Gasteiger partial charge in [0, 0.05) is 16.6 Å². The molecule has 0 unspecified atom stereocenters. The van der Waals surface area contributed by atoms with Gasteiger partial charge in [0.1, 0.15) is 5.75 Å². The van der Waals surface area contributed by atoms with Crippen LogP contribution in [0.1, 0.15) is 5.82 Å². The molecule has 0 saturated carbocycles. The maximum absolute atomic E-state index is 13.0. The molecule has 37 heavy (non-hydrogen) atoms. The summed E-state index contributed by atoms with van der Waals surface area (Å²) >= 11 is 2.52. The minimum absolute atomic E-state index is 0.0522. The molecule has 186 valence electrons. The first-order valence-corrected chi connectivity index (χ1v) is 14.7. The molecule has 0 aliphatic rings. The van der Waals surface area contributed by atoms with Gasteiger partial charge in [-0.2, -0.15) is 0 Å². The molecule has 0 fully saturated rings. The Hall–Kier alpha value is -3.80. The van der Waals surface area contributed by atoms with Gasteiger partial charge in [-0.25, -0.2) is 13.4 Å². The van der Waals surface area contributed by atoms with E-state index in [9.17, 15) is 13.2 Å². The van der Waals surface area contributed by atoms with E-state index >= 15 is 0 Å². The number of hydrogen-bond donors (Lipinski definition) is 1. The topological polar surface area (TPSA) is 107 Å². The molecule has 3 aromatic carbocycles. The van der Waals surface area contributed by atoms with Crippen LogP contribution in [0.3, 0.4) is 0 Å². The molecule has 0 aliphatic carbocycles. The quantitative estimate of drug-likeness (QED) is 0.256. The highest BCUT2D eigenvalue weighted by molar-refractivity contribution is 7.99. The van der Waals surface area contributed by atoms with E-state index in [1.165, 1.54) is 23.1 Å². The van der Waals surface area contributed by atoms with Crippen LogP contribution in [0.2, 0.25) is 0 Å². The zero-order valence-corrected chi connectivity index (χ0v) is 21.8. The Kier molecular flexibility index (Phi) is 7.45. The second-order valence-electron chi connectivity index (χ2n) is 7.88. The summed E-state index contributed by atoms with van der Waals surface area (Å²) in [7, 11) is -3.64. The van der Waals surface area contributed by atoms with Gasteiger partial charge in [-0.1, -0.05) is 78.5 Å². The standard InChI is InChI=1S/C26H21N5O3S3/c32-24(28-25-27-22(16-35-25)19-10-4-1-5-11-19)17-36-26-30-29-23(31(26)20-12-6-2-7-13-20)18-37(33,34)21-14-8-3-9-15-21/h1-16H,17-18H2,(H,27,28,32). The summed E-state index contributed by atoms with van der Waals surface area (Å²) in [5, 5.41) is 14.0. The lowest BCUT2D eigenvalue weighted by atomic mass is 10.2. The van der Waals surface area contributed by atoms with Crippen LogP contribution in [0.4, 0.5) is 5.13 Å². The van der Waals surface area contributed by atoms with Crippen LogP contribution >= 0.6 is 23.1 Å². The highest BCUT2D eigenvalue weighted by Gasteiger charge is 2.23. The summed E-state index contributed by atoms with van der Waals surface area (Å²) in [4.78, 5) is 17.4. The Labute approximate surface area is 222 Å². The maximum Gasteiger partial charge on any atom is 0.236 e. The van der Waals surface area contributed by atoms with E-state index in [1.54, 1.807) is 34.9 Å². The van der Waals surface area contributed by atoms with Gasteiger partial charge in [0.05, 0.1) is 16.3 Å². The number of hydrogen-bond acceptors (Lipinski definition) is 8. The van der Waals surface area contributed by atoms with Crippen molar-refractivity contribution in [1.29, 1.82) is 0 Å². The summed E-state index contributed by atoms with van der Waals surface area (Å²) in [5.41, 5.74) is 2.48. The summed E-state index contributed by atoms with van der Waals surface area (Å²) < 4.78 is 27.7. The first kappa shape index (κ1) is 24.9. The van der Waals surface area contributed by atoms with Crippen LogP contribution in [-0.4, -0.2) is 39.8 Å². The van der Waals surface area contributed by atoms with Crippen LogP contribution in [0.15, 0.2) is 106 Å². The highest BCUT2D eigenvalue weighted by Crippen LogP contribution is 2.27. The number of sulfone groups is 1. The summed E-state index contributed by atoms with van der Waals surface area (Å²) in [6.07, 6.45) is 0. The largest absolute Gasteiger partial charge is 0.301 e. The number of amides is 1. The minimum atomic E-state index is -3.64. The van der Waals surface area contributed by atoms with E-state index < -0.39 is 9.84 Å². The van der Waals surface area contributed by atoms with Crippen LogP contribution < -0.4 is 5.32 Å². The van der Waals surface area contributed by atoms with E-state index in [0.29, 0.717) is 16.0 Å². The fourth-order valence-electron chi connectivity index (χ4n) is 3.56. The molecule has 0 spiro atoms. The van der Waals surface area contributed by atoms with Crippen molar-refractivity contribution >= 4 is 44.0 Å². The van der Waals surface area contributed by atoms with Crippen molar-refractivity contribution in [3.8, 4) is 16.9 Å². The first-order chi connectivity index (χ1) is 18.0. The Bertz CT molecular complexity index is 1600. The molecule has 0 radical (unpaired) electrons. The van der Waals surface area contributed by atoms with Gasteiger partial charge >= 0.3 is 0 Å². The number of aromatic nitrogens is 4. The van der Waals surface area contributed by atoms with Gasteiger partial charge < -0.3 is 5.32 Å². The number of carbonyl (C=O) groups excluding carboxylic acids is 1. The predicted octanol–water partition coefficient (Wildman–Crippen LogP) is 5.10. The van der Waals surface area contributed by atoms with Crippen molar-refractivity contribution in [1.82, 2.24) is 19.7 Å². The summed E-state index contributed by atoms with van der Waals surface area (Å²) in [5.74, 6) is -0.255. The van der Waals surface area contributed by atoms with Gasteiger partial charge in [-0.3, -0.25) is 9.36 Å². The Morgan fingerprint density at radius 2 is 1.54 bits per heavy atom. The zero-order chi connectivity index (χ0) is 25.7. The van der Waals surface area contributed by atoms with Gasteiger partial charge in [0.25, 0.3) is 0 Å². The molecule has 0 aliphatic heterocycles. The molecule has 0 atom stereocenters. The Morgan fingerprint density at radius 1 is 0.892 bits per heavy atom. The van der Waals surface area contributed by atoms with E-state index in [0.717, 1.165) is 11.3 Å². The van der Waals surface area contributed by atoms with Crippen LogP contribution in [-0.2, 0) is 20.4 Å². The predicted molar refractivity (Wildman–Crippen MR) is 146 cm³/mol. The summed E-state index contributed by atoms with van der Waals surface area (Å²) in [6, 6.07) is 27.2. The lowest BCUT2D eigenvalue weighted by molar-refractivity contribution is -0.113. The fourth-order valence-corrected chi connectivity index (χ4v) is 6.33. The number of nitrogens with one attached hydrogen (secondary N) is 1. The number of rotatable bonds is 9. The average Bonchev–Trinajstić information content (AvgIpc) is 3.55. The Morgan fingerprint density at radius 3 is 2.24 bits per heavy atom. The van der Waals surface area contributed by atoms with Crippen LogP contribution in [0, 0.1) is 0 Å². The third-order valence-corrected chi connectivity index (χ3v) is 8.60. The number of carbonyl (C=O) groups is 1. The molecule has 11 heteroatoms. The first-order valence-electron chi connectivity index (χ1n) is 11.2. The van der Waals surface area contributed by atoms with Gasteiger partial charge in [-0.05, 0) is 24.3 Å². The van der Waals surface area contributed by atoms with Crippen molar-refractivity contribution in [2.24, 2.45) is 0 Å². The number of thioether (sulfide) groups is 1. The van der Waals surface area contributed by atoms with E-state index in [1.807, 2.05) is 66.0 Å². The SMILES string of the molecule is O=C(CSc1nnc(CS(=O)(=O)c2ccccc2)n1-c1ccccc1)Nc1nc(-c2ccccc2)cs1. The molecule has 0 saturated heterocycles.